The summed E-state index contributed by atoms with van der Waals surface area (Å²) < 4.78 is 0. The van der Waals surface area contributed by atoms with E-state index in [1.165, 1.54) is 12.0 Å². The first-order valence-corrected chi connectivity index (χ1v) is 9.84. The maximum absolute atomic E-state index is 12.6. The molecular formula is C19H27BrO2. The quantitative estimate of drug-likeness (QED) is 0.513. The Bertz CT molecular complexity index is 542. The Balaban J connectivity index is 1.70. The second-order valence-electron chi connectivity index (χ2n) is 8.68. The number of aliphatic hydroxyl groups is 1. The highest BCUT2D eigenvalue weighted by Crippen LogP contribution is 2.64. The summed E-state index contributed by atoms with van der Waals surface area (Å²) >= 11 is 3.64. The average Bonchev–Trinajstić information content (AvgIpc) is 2.72. The van der Waals surface area contributed by atoms with Crippen molar-refractivity contribution in [3.63, 3.8) is 0 Å². The summed E-state index contributed by atoms with van der Waals surface area (Å²) in [5.74, 6) is 2.37. The maximum Gasteiger partial charge on any atom is 0.152 e. The molecule has 2 nitrogen and oxygen atoms in total. The molecule has 0 radical (unpaired) electrons. The van der Waals surface area contributed by atoms with E-state index in [1.807, 2.05) is 0 Å². The Morgan fingerprint density at radius 2 is 1.91 bits per heavy atom. The van der Waals surface area contributed by atoms with Gasteiger partial charge in [0, 0.05) is 5.41 Å². The van der Waals surface area contributed by atoms with Crippen LogP contribution in [-0.2, 0) is 4.79 Å². The first-order chi connectivity index (χ1) is 10.4. The molecule has 0 heterocycles. The number of aliphatic hydroxyl groups excluding tert-OH is 1. The zero-order chi connectivity index (χ0) is 15.7. The summed E-state index contributed by atoms with van der Waals surface area (Å²) in [4.78, 5) is 12.7. The van der Waals surface area contributed by atoms with E-state index < -0.39 is 0 Å². The predicted octanol–water partition coefficient (Wildman–Crippen LogP) is 4.25. The van der Waals surface area contributed by atoms with Crippen LogP contribution >= 0.6 is 15.9 Å². The number of allylic oxidation sites excluding steroid dienone is 1. The number of fused-ring (bicyclic) bond motifs is 5. The van der Waals surface area contributed by atoms with Gasteiger partial charge in [-0.2, -0.15) is 0 Å². The first kappa shape index (κ1) is 15.4. The molecule has 3 fully saturated rings. The molecular weight excluding hydrogens is 340 g/mol. The van der Waals surface area contributed by atoms with Gasteiger partial charge in [0.2, 0.25) is 0 Å². The van der Waals surface area contributed by atoms with E-state index in [2.05, 4.69) is 35.9 Å². The Hall–Kier alpha value is -0.150. The Kier molecular flexibility index (Phi) is 3.44. The monoisotopic (exact) mass is 366 g/mol. The lowest BCUT2D eigenvalue weighted by Gasteiger charge is -2.56. The van der Waals surface area contributed by atoms with Gasteiger partial charge in [0.1, 0.15) is 0 Å². The molecule has 2 unspecified atom stereocenters. The first-order valence-electron chi connectivity index (χ1n) is 8.92. The Morgan fingerprint density at radius 1 is 1.18 bits per heavy atom. The Morgan fingerprint density at radius 3 is 2.68 bits per heavy atom. The van der Waals surface area contributed by atoms with Crippen molar-refractivity contribution in [1.29, 1.82) is 0 Å². The summed E-state index contributed by atoms with van der Waals surface area (Å²) in [6.07, 6.45) is 9.63. The van der Waals surface area contributed by atoms with Crippen LogP contribution in [-0.4, -0.2) is 21.8 Å². The van der Waals surface area contributed by atoms with E-state index in [4.69, 9.17) is 0 Å². The smallest absolute Gasteiger partial charge is 0.152 e. The lowest BCUT2D eigenvalue weighted by molar-refractivity contribution is -0.131. The minimum Gasteiger partial charge on any atom is -0.393 e. The van der Waals surface area contributed by atoms with Gasteiger partial charge >= 0.3 is 0 Å². The third-order valence-corrected chi connectivity index (χ3v) is 8.57. The third kappa shape index (κ3) is 1.90. The zero-order valence-electron chi connectivity index (χ0n) is 13.6. The van der Waals surface area contributed by atoms with Crippen molar-refractivity contribution in [3.8, 4) is 0 Å². The molecule has 122 valence electrons. The van der Waals surface area contributed by atoms with Crippen molar-refractivity contribution in [1.82, 2.24) is 0 Å². The molecule has 0 spiro atoms. The number of rotatable bonds is 0. The van der Waals surface area contributed by atoms with Crippen molar-refractivity contribution < 1.29 is 9.90 Å². The van der Waals surface area contributed by atoms with E-state index in [9.17, 15) is 9.90 Å². The number of hydrogen-bond acceptors (Lipinski definition) is 2. The van der Waals surface area contributed by atoms with E-state index in [1.54, 1.807) is 0 Å². The highest BCUT2D eigenvalue weighted by molar-refractivity contribution is 9.10. The van der Waals surface area contributed by atoms with Crippen molar-refractivity contribution in [2.75, 3.05) is 0 Å². The number of carbonyl (C=O) groups excluding carboxylic acids is 1. The molecule has 0 amide bonds. The largest absolute Gasteiger partial charge is 0.393 e. The van der Waals surface area contributed by atoms with Crippen LogP contribution in [0.3, 0.4) is 0 Å². The lowest BCUT2D eigenvalue weighted by atomic mass is 9.48. The molecule has 7 atom stereocenters. The summed E-state index contributed by atoms with van der Waals surface area (Å²) in [5.41, 5.74) is 1.69. The van der Waals surface area contributed by atoms with E-state index in [-0.39, 0.29) is 21.8 Å². The van der Waals surface area contributed by atoms with Crippen LogP contribution in [0, 0.1) is 28.6 Å². The maximum atomic E-state index is 12.6. The molecule has 0 aromatic carbocycles. The topological polar surface area (TPSA) is 37.3 Å². The Labute approximate surface area is 141 Å². The average molecular weight is 367 g/mol. The van der Waals surface area contributed by atoms with E-state index in [0.717, 1.165) is 38.5 Å². The second kappa shape index (κ2) is 4.92. The molecule has 0 aromatic heterocycles. The van der Waals surface area contributed by atoms with Gasteiger partial charge in [-0.1, -0.05) is 41.4 Å². The van der Waals surface area contributed by atoms with Crippen LogP contribution in [0.15, 0.2) is 11.6 Å². The third-order valence-electron chi connectivity index (χ3n) is 7.78. The lowest BCUT2D eigenvalue weighted by Crippen LogP contribution is -2.50. The summed E-state index contributed by atoms with van der Waals surface area (Å²) in [6, 6.07) is 0. The minimum atomic E-state index is -0.135. The minimum absolute atomic E-state index is 0.0765. The van der Waals surface area contributed by atoms with Crippen molar-refractivity contribution in [2.45, 2.75) is 69.7 Å². The molecule has 0 aromatic rings. The normalized spacial score (nSPS) is 54.3. The highest BCUT2D eigenvalue weighted by Gasteiger charge is 2.60. The number of hydrogen-bond donors (Lipinski definition) is 1. The molecule has 4 aliphatic carbocycles. The fraction of sp³-hybridized carbons (Fsp3) is 0.842. The summed E-state index contributed by atoms with van der Waals surface area (Å²) in [5, 5.41) is 10.0. The van der Waals surface area contributed by atoms with Crippen LogP contribution in [0.25, 0.3) is 0 Å². The van der Waals surface area contributed by atoms with Crippen LogP contribution in [0.1, 0.15) is 58.8 Å². The van der Waals surface area contributed by atoms with Gasteiger partial charge in [-0.3, -0.25) is 4.79 Å². The molecule has 0 aliphatic heterocycles. The van der Waals surface area contributed by atoms with E-state index in [0.29, 0.717) is 23.5 Å². The van der Waals surface area contributed by atoms with Gasteiger partial charge in [0.15, 0.2) is 5.78 Å². The van der Waals surface area contributed by atoms with Crippen LogP contribution in [0.2, 0.25) is 0 Å². The van der Waals surface area contributed by atoms with Gasteiger partial charge in [0.25, 0.3) is 0 Å². The van der Waals surface area contributed by atoms with Crippen LogP contribution in [0.5, 0.6) is 0 Å². The number of halogens is 1. The van der Waals surface area contributed by atoms with Crippen molar-refractivity contribution in [3.05, 3.63) is 11.6 Å². The fourth-order valence-electron chi connectivity index (χ4n) is 6.39. The van der Waals surface area contributed by atoms with Crippen LogP contribution in [0.4, 0.5) is 0 Å². The van der Waals surface area contributed by atoms with Gasteiger partial charge in [-0.15, -0.1) is 0 Å². The number of carbonyl (C=O) groups is 1. The molecule has 3 saturated carbocycles. The van der Waals surface area contributed by atoms with Gasteiger partial charge in [-0.25, -0.2) is 0 Å². The summed E-state index contributed by atoms with van der Waals surface area (Å²) in [7, 11) is 0. The second-order valence-corrected chi connectivity index (χ2v) is 9.78. The number of alkyl halides is 1. The molecule has 1 N–H and O–H groups in total. The summed E-state index contributed by atoms with van der Waals surface area (Å²) in [6.45, 7) is 4.66. The van der Waals surface area contributed by atoms with Gasteiger partial charge < -0.3 is 5.11 Å². The fourth-order valence-corrected chi connectivity index (χ4v) is 7.32. The molecule has 3 heteroatoms. The predicted molar refractivity (Wildman–Crippen MR) is 90.8 cm³/mol. The van der Waals surface area contributed by atoms with Crippen LogP contribution < -0.4 is 0 Å². The van der Waals surface area contributed by atoms with Gasteiger partial charge in [0.05, 0.1) is 10.9 Å². The molecule has 0 bridgehead atoms. The molecule has 4 rings (SSSR count). The standard InChI is InChI=1S/C19H27BrO2/c1-18-7-5-12(21)9-11(18)3-4-13-14(18)6-8-19(2)15(13)10-16(20)17(19)22/h3,12-16,21H,4-10H2,1-2H3/t12-,13?,14?,15-,16+,18-,19-/m0/s1. The molecule has 22 heavy (non-hydrogen) atoms. The molecule has 4 aliphatic rings. The van der Waals surface area contributed by atoms with Crippen molar-refractivity contribution >= 4 is 21.7 Å². The SMILES string of the molecule is C[C@]12CC[C@H](O)CC1=CCC1C2CC[C@]2(C)C(=O)[C@H](Br)C[C@@H]12. The zero-order valence-corrected chi connectivity index (χ0v) is 15.2. The van der Waals surface area contributed by atoms with Gasteiger partial charge in [-0.05, 0) is 68.1 Å². The number of ketones is 1. The number of Topliss-reactive ketones (excluding diaryl/α,β-unsaturated/α-hetero) is 1. The van der Waals surface area contributed by atoms with E-state index >= 15 is 0 Å². The van der Waals surface area contributed by atoms with Crippen molar-refractivity contribution in [2.24, 2.45) is 28.6 Å². The molecule has 0 saturated heterocycles. The highest BCUT2D eigenvalue weighted by atomic mass is 79.9.